The van der Waals surface area contributed by atoms with E-state index in [1.54, 1.807) is 12.1 Å². The standard InChI is InChI=1S/C21H25ClFN3O/c22-19-13-15(6-7-20(19)23)16-11-18(12-16)26-21(27)25-9-8-17(24)10-14-4-2-1-3-5-14/h1-7,13,16-18H,8-12,24H2,(H2,25,26,27). The van der Waals surface area contributed by atoms with Gasteiger partial charge in [-0.3, -0.25) is 0 Å². The SMILES string of the molecule is NC(CCNC(=O)NC1CC(c2ccc(F)c(Cl)c2)C1)Cc1ccccc1. The van der Waals surface area contributed by atoms with E-state index in [0.29, 0.717) is 12.5 Å². The van der Waals surface area contributed by atoms with Crippen molar-refractivity contribution in [2.24, 2.45) is 5.73 Å². The molecule has 1 fully saturated rings. The van der Waals surface area contributed by atoms with Crippen LogP contribution in [0.3, 0.4) is 0 Å². The van der Waals surface area contributed by atoms with Gasteiger partial charge in [0.15, 0.2) is 0 Å². The second-order valence-electron chi connectivity index (χ2n) is 7.18. The van der Waals surface area contributed by atoms with Gasteiger partial charge in [-0.2, -0.15) is 0 Å². The monoisotopic (exact) mass is 389 g/mol. The van der Waals surface area contributed by atoms with Gasteiger partial charge in [-0.25, -0.2) is 9.18 Å². The summed E-state index contributed by atoms with van der Waals surface area (Å²) in [7, 11) is 0. The fourth-order valence-electron chi connectivity index (χ4n) is 3.40. The molecule has 3 rings (SSSR count). The summed E-state index contributed by atoms with van der Waals surface area (Å²) in [6, 6.07) is 14.9. The van der Waals surface area contributed by atoms with Gasteiger partial charge in [0.1, 0.15) is 5.82 Å². The zero-order chi connectivity index (χ0) is 19.2. The highest BCUT2D eigenvalue weighted by Crippen LogP contribution is 2.38. The van der Waals surface area contributed by atoms with Crippen LogP contribution in [0.15, 0.2) is 48.5 Å². The maximum Gasteiger partial charge on any atom is 0.315 e. The Hall–Kier alpha value is -2.11. The summed E-state index contributed by atoms with van der Waals surface area (Å²) < 4.78 is 13.2. The Morgan fingerprint density at radius 2 is 1.96 bits per heavy atom. The van der Waals surface area contributed by atoms with E-state index in [0.717, 1.165) is 31.2 Å². The normalized spacial score (nSPS) is 19.8. The third kappa shape index (κ3) is 5.68. The summed E-state index contributed by atoms with van der Waals surface area (Å²) >= 11 is 5.83. The van der Waals surface area contributed by atoms with Crippen LogP contribution in [0.5, 0.6) is 0 Å². The summed E-state index contributed by atoms with van der Waals surface area (Å²) in [5.41, 5.74) is 8.35. The number of hydrogen-bond acceptors (Lipinski definition) is 2. The Labute approximate surface area is 164 Å². The first kappa shape index (κ1) is 19.6. The van der Waals surface area contributed by atoms with Gasteiger partial charge in [-0.05, 0) is 54.9 Å². The van der Waals surface area contributed by atoms with Gasteiger partial charge in [0.2, 0.25) is 0 Å². The van der Waals surface area contributed by atoms with Crippen molar-refractivity contribution in [3.63, 3.8) is 0 Å². The molecule has 1 atom stereocenters. The van der Waals surface area contributed by atoms with Crippen LogP contribution >= 0.6 is 11.6 Å². The van der Waals surface area contributed by atoms with Crippen molar-refractivity contribution in [1.82, 2.24) is 10.6 Å². The Balaban J connectivity index is 1.32. The molecule has 2 aromatic rings. The zero-order valence-electron chi connectivity index (χ0n) is 15.1. The Bertz CT molecular complexity index is 765. The fraction of sp³-hybridized carbons (Fsp3) is 0.381. The van der Waals surface area contributed by atoms with Crippen molar-refractivity contribution in [3.05, 3.63) is 70.5 Å². The molecule has 2 aromatic carbocycles. The molecule has 4 N–H and O–H groups in total. The zero-order valence-corrected chi connectivity index (χ0v) is 15.9. The van der Waals surface area contributed by atoms with Crippen molar-refractivity contribution in [2.45, 2.75) is 43.7 Å². The van der Waals surface area contributed by atoms with Gasteiger partial charge in [-0.15, -0.1) is 0 Å². The molecule has 0 saturated heterocycles. The topological polar surface area (TPSA) is 67.1 Å². The molecule has 4 nitrogen and oxygen atoms in total. The quantitative estimate of drug-likeness (QED) is 0.670. The molecule has 6 heteroatoms. The molecular weight excluding hydrogens is 365 g/mol. The molecule has 0 bridgehead atoms. The van der Waals surface area contributed by atoms with E-state index < -0.39 is 5.82 Å². The molecule has 1 unspecified atom stereocenters. The molecule has 144 valence electrons. The van der Waals surface area contributed by atoms with Gasteiger partial charge in [0.25, 0.3) is 0 Å². The lowest BCUT2D eigenvalue weighted by Gasteiger charge is -2.36. The third-order valence-corrected chi connectivity index (χ3v) is 5.32. The van der Waals surface area contributed by atoms with E-state index in [1.807, 2.05) is 18.2 Å². The smallest absolute Gasteiger partial charge is 0.315 e. The average molecular weight is 390 g/mol. The van der Waals surface area contributed by atoms with Crippen LogP contribution in [0.1, 0.15) is 36.3 Å². The van der Waals surface area contributed by atoms with Gasteiger partial charge in [0.05, 0.1) is 5.02 Å². The molecule has 1 aliphatic rings. The summed E-state index contributed by atoms with van der Waals surface area (Å²) in [5, 5.41) is 5.98. The molecule has 0 heterocycles. The molecule has 0 radical (unpaired) electrons. The number of urea groups is 1. The third-order valence-electron chi connectivity index (χ3n) is 5.03. The Kier molecular flexibility index (Phi) is 6.69. The van der Waals surface area contributed by atoms with Crippen molar-refractivity contribution in [3.8, 4) is 0 Å². The second kappa shape index (κ2) is 9.20. The number of amides is 2. The Morgan fingerprint density at radius 1 is 1.22 bits per heavy atom. The summed E-state index contributed by atoms with van der Waals surface area (Å²) in [4.78, 5) is 12.0. The summed E-state index contributed by atoms with van der Waals surface area (Å²) in [5.74, 6) is -0.0908. The van der Waals surface area contributed by atoms with Crippen LogP contribution in [0.2, 0.25) is 5.02 Å². The van der Waals surface area contributed by atoms with Crippen molar-refractivity contribution >= 4 is 17.6 Å². The number of nitrogens with one attached hydrogen (secondary N) is 2. The number of nitrogens with two attached hydrogens (primary N) is 1. The van der Waals surface area contributed by atoms with E-state index in [1.165, 1.54) is 11.6 Å². The van der Waals surface area contributed by atoms with E-state index >= 15 is 0 Å². The number of carbonyl (C=O) groups is 1. The van der Waals surface area contributed by atoms with Gasteiger partial charge < -0.3 is 16.4 Å². The first-order valence-corrected chi connectivity index (χ1v) is 9.68. The lowest BCUT2D eigenvalue weighted by Crippen LogP contribution is -2.48. The fourth-order valence-corrected chi connectivity index (χ4v) is 3.59. The van der Waals surface area contributed by atoms with Crippen molar-refractivity contribution in [2.75, 3.05) is 6.54 Å². The minimum absolute atomic E-state index is 0.0176. The number of halogens is 2. The minimum Gasteiger partial charge on any atom is -0.338 e. The largest absolute Gasteiger partial charge is 0.338 e. The molecule has 1 aliphatic carbocycles. The summed E-state index contributed by atoms with van der Waals surface area (Å²) in [6.07, 6.45) is 3.20. The van der Waals surface area contributed by atoms with E-state index in [4.69, 9.17) is 17.3 Å². The first-order valence-electron chi connectivity index (χ1n) is 9.30. The van der Waals surface area contributed by atoms with Gasteiger partial charge in [-0.1, -0.05) is 48.0 Å². The minimum atomic E-state index is -0.403. The van der Waals surface area contributed by atoms with Gasteiger partial charge in [0, 0.05) is 18.6 Å². The number of hydrogen-bond donors (Lipinski definition) is 3. The maximum atomic E-state index is 13.2. The highest BCUT2D eigenvalue weighted by molar-refractivity contribution is 6.30. The molecule has 27 heavy (non-hydrogen) atoms. The van der Waals surface area contributed by atoms with E-state index in [2.05, 4.69) is 22.8 Å². The van der Waals surface area contributed by atoms with E-state index in [9.17, 15) is 9.18 Å². The molecule has 0 spiro atoms. The lowest BCUT2D eigenvalue weighted by molar-refractivity contribution is 0.222. The molecule has 1 saturated carbocycles. The molecule has 2 amide bonds. The molecular formula is C21H25ClFN3O. The number of rotatable bonds is 7. The predicted molar refractivity (Wildman–Crippen MR) is 106 cm³/mol. The first-order chi connectivity index (χ1) is 13.0. The lowest BCUT2D eigenvalue weighted by atomic mass is 9.76. The molecule has 0 aliphatic heterocycles. The van der Waals surface area contributed by atoms with Crippen molar-refractivity contribution < 1.29 is 9.18 Å². The van der Waals surface area contributed by atoms with Crippen LogP contribution in [0.4, 0.5) is 9.18 Å². The predicted octanol–water partition coefficient (Wildman–Crippen LogP) is 3.98. The highest BCUT2D eigenvalue weighted by atomic mass is 35.5. The van der Waals surface area contributed by atoms with E-state index in [-0.39, 0.29) is 23.1 Å². The number of benzene rings is 2. The maximum absolute atomic E-state index is 13.2. The number of carbonyl (C=O) groups excluding carboxylic acids is 1. The molecule has 0 aromatic heterocycles. The summed E-state index contributed by atoms with van der Waals surface area (Å²) in [6.45, 7) is 0.545. The van der Waals surface area contributed by atoms with Crippen LogP contribution in [-0.2, 0) is 6.42 Å². The second-order valence-corrected chi connectivity index (χ2v) is 7.58. The van der Waals surface area contributed by atoms with Crippen LogP contribution < -0.4 is 16.4 Å². The Morgan fingerprint density at radius 3 is 2.67 bits per heavy atom. The van der Waals surface area contributed by atoms with Gasteiger partial charge >= 0.3 is 6.03 Å². The van der Waals surface area contributed by atoms with Crippen LogP contribution in [0.25, 0.3) is 0 Å². The average Bonchev–Trinajstić information content (AvgIpc) is 2.61. The van der Waals surface area contributed by atoms with Crippen LogP contribution in [0, 0.1) is 5.82 Å². The van der Waals surface area contributed by atoms with Crippen molar-refractivity contribution in [1.29, 1.82) is 0 Å². The van der Waals surface area contributed by atoms with Crippen LogP contribution in [-0.4, -0.2) is 24.7 Å². The highest BCUT2D eigenvalue weighted by Gasteiger charge is 2.31.